The molecule has 0 aliphatic carbocycles. The van der Waals surface area contributed by atoms with Crippen molar-refractivity contribution >= 4 is 10.0 Å². The van der Waals surface area contributed by atoms with Crippen LogP contribution in [0, 0.1) is 0 Å². The van der Waals surface area contributed by atoms with Crippen LogP contribution in [-0.4, -0.2) is 43.1 Å². The van der Waals surface area contributed by atoms with Gasteiger partial charge in [-0.1, -0.05) is 13.0 Å². The van der Waals surface area contributed by atoms with E-state index in [1.165, 1.54) is 4.31 Å². The molecular weight excluding hydrogens is 250 g/mol. The van der Waals surface area contributed by atoms with Crippen molar-refractivity contribution in [3.8, 4) is 0 Å². The van der Waals surface area contributed by atoms with E-state index in [0.29, 0.717) is 26.1 Å². The Balaban J connectivity index is 2.62. The van der Waals surface area contributed by atoms with Gasteiger partial charge in [0.25, 0.3) is 0 Å². The zero-order chi connectivity index (χ0) is 13.4. The zero-order valence-corrected chi connectivity index (χ0v) is 11.6. The van der Waals surface area contributed by atoms with Crippen LogP contribution in [0.3, 0.4) is 0 Å². The summed E-state index contributed by atoms with van der Waals surface area (Å²) in [4.78, 5) is 4.13. The van der Waals surface area contributed by atoms with E-state index in [1.807, 2.05) is 25.1 Å². The molecule has 1 aromatic rings. The van der Waals surface area contributed by atoms with Gasteiger partial charge in [0.2, 0.25) is 10.0 Å². The zero-order valence-electron chi connectivity index (χ0n) is 10.7. The molecule has 1 heterocycles. The molecule has 0 amide bonds. The van der Waals surface area contributed by atoms with Gasteiger partial charge in [-0.2, -0.15) is 0 Å². The van der Waals surface area contributed by atoms with Crippen molar-refractivity contribution in [2.45, 2.75) is 19.8 Å². The highest BCUT2D eigenvalue weighted by atomic mass is 32.2. The lowest BCUT2D eigenvalue weighted by Gasteiger charge is -2.20. The van der Waals surface area contributed by atoms with Gasteiger partial charge in [-0.25, -0.2) is 12.7 Å². The molecule has 0 spiro atoms. The number of hydrogen-bond acceptors (Lipinski definition) is 4. The van der Waals surface area contributed by atoms with E-state index in [1.54, 1.807) is 6.20 Å². The molecule has 0 aromatic carbocycles. The number of aromatic nitrogens is 1. The predicted octanol–water partition coefficient (Wildman–Crippen LogP) is 0.625. The Morgan fingerprint density at radius 3 is 2.67 bits per heavy atom. The standard InChI is InChI=1S/C12H21N3O2S/c1-2-9-15(10-7-13)18(16,17)11-6-12-5-3-4-8-14-12/h3-5,8H,2,6-7,9-11,13H2,1H3. The van der Waals surface area contributed by atoms with Crippen LogP contribution in [0.5, 0.6) is 0 Å². The molecule has 1 aromatic heterocycles. The van der Waals surface area contributed by atoms with Gasteiger partial charge in [0.1, 0.15) is 0 Å². The minimum atomic E-state index is -3.23. The van der Waals surface area contributed by atoms with Crippen LogP contribution in [0.2, 0.25) is 0 Å². The predicted molar refractivity (Wildman–Crippen MR) is 72.6 cm³/mol. The van der Waals surface area contributed by atoms with Crippen molar-refractivity contribution in [3.05, 3.63) is 30.1 Å². The summed E-state index contributed by atoms with van der Waals surface area (Å²) in [6.45, 7) is 3.22. The summed E-state index contributed by atoms with van der Waals surface area (Å²) >= 11 is 0. The van der Waals surface area contributed by atoms with E-state index in [2.05, 4.69) is 4.98 Å². The van der Waals surface area contributed by atoms with Gasteiger partial charge in [0.15, 0.2) is 0 Å². The number of hydrogen-bond donors (Lipinski definition) is 1. The van der Waals surface area contributed by atoms with Gasteiger partial charge in [-0.15, -0.1) is 0 Å². The minimum Gasteiger partial charge on any atom is -0.329 e. The monoisotopic (exact) mass is 271 g/mol. The molecule has 2 N–H and O–H groups in total. The third kappa shape index (κ3) is 4.72. The van der Waals surface area contributed by atoms with Gasteiger partial charge >= 0.3 is 0 Å². The first-order chi connectivity index (χ1) is 8.60. The first kappa shape index (κ1) is 15.1. The average Bonchev–Trinajstić information content (AvgIpc) is 2.37. The first-order valence-electron chi connectivity index (χ1n) is 6.18. The second kappa shape index (κ2) is 7.45. The minimum absolute atomic E-state index is 0.0873. The summed E-state index contributed by atoms with van der Waals surface area (Å²) in [5.74, 6) is 0.0873. The molecule has 0 fully saturated rings. The van der Waals surface area contributed by atoms with Crippen LogP contribution in [0.1, 0.15) is 19.0 Å². The largest absolute Gasteiger partial charge is 0.329 e. The number of pyridine rings is 1. The van der Waals surface area contributed by atoms with E-state index < -0.39 is 10.0 Å². The van der Waals surface area contributed by atoms with E-state index in [4.69, 9.17) is 5.73 Å². The SMILES string of the molecule is CCCN(CCN)S(=O)(=O)CCc1ccccn1. The Labute approximate surface area is 109 Å². The van der Waals surface area contributed by atoms with Crippen molar-refractivity contribution in [2.24, 2.45) is 5.73 Å². The lowest BCUT2D eigenvalue weighted by molar-refractivity contribution is 0.417. The van der Waals surface area contributed by atoms with Crippen molar-refractivity contribution in [1.82, 2.24) is 9.29 Å². The topological polar surface area (TPSA) is 76.3 Å². The summed E-state index contributed by atoms with van der Waals surface area (Å²) in [5.41, 5.74) is 6.24. The Morgan fingerprint density at radius 1 is 1.33 bits per heavy atom. The fourth-order valence-electron chi connectivity index (χ4n) is 1.69. The quantitative estimate of drug-likeness (QED) is 0.752. The highest BCUT2D eigenvalue weighted by molar-refractivity contribution is 7.89. The molecule has 0 saturated carbocycles. The Bertz CT molecular complexity index is 428. The van der Waals surface area contributed by atoms with Crippen LogP contribution in [0.25, 0.3) is 0 Å². The molecular formula is C12H21N3O2S. The van der Waals surface area contributed by atoms with Crippen molar-refractivity contribution in [1.29, 1.82) is 0 Å². The third-order valence-electron chi connectivity index (χ3n) is 2.59. The number of rotatable bonds is 8. The summed E-state index contributed by atoms with van der Waals surface area (Å²) in [6, 6.07) is 5.51. The summed E-state index contributed by atoms with van der Waals surface area (Å²) in [6.07, 6.45) is 2.91. The molecule has 0 atom stereocenters. The molecule has 0 aliphatic rings. The number of aryl methyl sites for hydroxylation is 1. The van der Waals surface area contributed by atoms with Gasteiger partial charge < -0.3 is 5.73 Å². The average molecular weight is 271 g/mol. The van der Waals surface area contributed by atoms with E-state index >= 15 is 0 Å². The van der Waals surface area contributed by atoms with Gasteiger partial charge in [-0.3, -0.25) is 4.98 Å². The van der Waals surface area contributed by atoms with Crippen LogP contribution in [0.15, 0.2) is 24.4 Å². The number of nitrogens with two attached hydrogens (primary N) is 1. The van der Waals surface area contributed by atoms with E-state index in [-0.39, 0.29) is 5.75 Å². The fourth-order valence-corrected chi connectivity index (χ4v) is 3.26. The Morgan fingerprint density at radius 2 is 2.11 bits per heavy atom. The molecule has 18 heavy (non-hydrogen) atoms. The second-order valence-electron chi connectivity index (χ2n) is 4.07. The lowest BCUT2D eigenvalue weighted by atomic mass is 10.3. The molecule has 0 aliphatic heterocycles. The molecule has 0 unspecified atom stereocenters. The van der Waals surface area contributed by atoms with Crippen LogP contribution < -0.4 is 5.73 Å². The van der Waals surface area contributed by atoms with Crippen LogP contribution in [-0.2, 0) is 16.4 Å². The van der Waals surface area contributed by atoms with Gasteiger partial charge in [0, 0.05) is 37.9 Å². The van der Waals surface area contributed by atoms with Crippen molar-refractivity contribution in [3.63, 3.8) is 0 Å². The summed E-state index contributed by atoms with van der Waals surface area (Å²) < 4.78 is 25.7. The fraction of sp³-hybridized carbons (Fsp3) is 0.583. The molecule has 102 valence electrons. The number of sulfonamides is 1. The maximum Gasteiger partial charge on any atom is 0.214 e. The maximum absolute atomic E-state index is 12.1. The van der Waals surface area contributed by atoms with Crippen LogP contribution in [0.4, 0.5) is 0 Å². The molecule has 0 saturated heterocycles. The van der Waals surface area contributed by atoms with Gasteiger partial charge in [0.05, 0.1) is 5.75 Å². The summed E-state index contributed by atoms with van der Waals surface area (Å²) in [5, 5.41) is 0. The highest BCUT2D eigenvalue weighted by Gasteiger charge is 2.20. The Hall–Kier alpha value is -0.980. The molecule has 5 nitrogen and oxygen atoms in total. The van der Waals surface area contributed by atoms with Crippen molar-refractivity contribution < 1.29 is 8.42 Å². The molecule has 0 bridgehead atoms. The molecule has 0 radical (unpaired) electrons. The maximum atomic E-state index is 12.1. The molecule has 1 rings (SSSR count). The summed E-state index contributed by atoms with van der Waals surface area (Å²) in [7, 11) is -3.23. The van der Waals surface area contributed by atoms with E-state index in [0.717, 1.165) is 12.1 Å². The van der Waals surface area contributed by atoms with Crippen LogP contribution >= 0.6 is 0 Å². The Kier molecular flexibility index (Phi) is 6.24. The lowest BCUT2D eigenvalue weighted by Crippen LogP contribution is -2.37. The smallest absolute Gasteiger partial charge is 0.214 e. The van der Waals surface area contributed by atoms with E-state index in [9.17, 15) is 8.42 Å². The highest BCUT2D eigenvalue weighted by Crippen LogP contribution is 2.05. The number of nitrogens with zero attached hydrogens (tertiary/aromatic N) is 2. The first-order valence-corrected chi connectivity index (χ1v) is 7.79. The molecule has 6 heteroatoms. The second-order valence-corrected chi connectivity index (χ2v) is 6.16. The normalized spacial score (nSPS) is 11.9. The van der Waals surface area contributed by atoms with Crippen molar-refractivity contribution in [2.75, 3.05) is 25.4 Å². The third-order valence-corrected chi connectivity index (χ3v) is 4.46. The van der Waals surface area contributed by atoms with Gasteiger partial charge in [-0.05, 0) is 18.6 Å².